The van der Waals surface area contributed by atoms with E-state index in [1.807, 2.05) is 0 Å². The summed E-state index contributed by atoms with van der Waals surface area (Å²) in [5.41, 5.74) is 1.01. The van der Waals surface area contributed by atoms with E-state index in [9.17, 15) is 18.0 Å². The summed E-state index contributed by atoms with van der Waals surface area (Å²) in [6.45, 7) is 0. The van der Waals surface area contributed by atoms with Crippen LogP contribution in [-0.2, 0) is 35.5 Å². The quantitative estimate of drug-likeness (QED) is 0.456. The van der Waals surface area contributed by atoms with Gasteiger partial charge in [0.2, 0.25) is 0 Å². The summed E-state index contributed by atoms with van der Waals surface area (Å²) in [6.07, 6.45) is 2.34. The van der Waals surface area contributed by atoms with Crippen LogP contribution in [0.15, 0.2) is 65.6 Å². The maximum absolute atomic E-state index is 13.4. The molecule has 1 heterocycles. The lowest BCUT2D eigenvalue weighted by Crippen LogP contribution is -2.18. The van der Waals surface area contributed by atoms with Crippen molar-refractivity contribution in [3.63, 3.8) is 0 Å². The SMILES string of the molecule is COC(=O)/C=C/c1c(CC(=O)OC)n(S(=O)(=O)c2ccccc2)c2ccccc12. The van der Waals surface area contributed by atoms with Crippen LogP contribution in [0.5, 0.6) is 0 Å². The van der Waals surface area contributed by atoms with E-state index < -0.39 is 22.0 Å². The molecule has 3 rings (SSSR count). The highest BCUT2D eigenvalue weighted by Crippen LogP contribution is 2.32. The fourth-order valence-electron chi connectivity index (χ4n) is 3.04. The van der Waals surface area contributed by atoms with E-state index in [0.29, 0.717) is 16.5 Å². The van der Waals surface area contributed by atoms with Gasteiger partial charge in [0.25, 0.3) is 10.0 Å². The molecule has 29 heavy (non-hydrogen) atoms. The molecule has 0 aliphatic carbocycles. The number of benzene rings is 2. The Hall–Kier alpha value is -3.39. The zero-order chi connectivity index (χ0) is 21.0. The van der Waals surface area contributed by atoms with Crippen LogP contribution >= 0.6 is 0 Å². The molecule has 0 aliphatic rings. The van der Waals surface area contributed by atoms with Gasteiger partial charge in [-0.2, -0.15) is 0 Å². The summed E-state index contributed by atoms with van der Waals surface area (Å²) in [5.74, 6) is -1.21. The number of ether oxygens (including phenoxy) is 2. The number of para-hydroxylation sites is 1. The lowest BCUT2D eigenvalue weighted by Gasteiger charge is -2.12. The Balaban J connectivity index is 2.36. The summed E-state index contributed by atoms with van der Waals surface area (Å²) in [4.78, 5) is 23.8. The van der Waals surface area contributed by atoms with E-state index in [4.69, 9.17) is 4.74 Å². The number of rotatable bonds is 6. The van der Waals surface area contributed by atoms with E-state index in [2.05, 4.69) is 4.74 Å². The molecule has 0 saturated heterocycles. The Morgan fingerprint density at radius 2 is 1.62 bits per heavy atom. The first-order chi connectivity index (χ1) is 13.9. The predicted octanol–water partition coefficient (Wildman–Crippen LogP) is 2.78. The van der Waals surface area contributed by atoms with Gasteiger partial charge in [-0.3, -0.25) is 4.79 Å². The number of methoxy groups -OCH3 is 2. The van der Waals surface area contributed by atoms with Crippen LogP contribution in [-0.4, -0.2) is 38.5 Å². The van der Waals surface area contributed by atoms with E-state index in [1.165, 1.54) is 38.5 Å². The minimum Gasteiger partial charge on any atom is -0.469 e. The molecule has 0 atom stereocenters. The fraction of sp³-hybridized carbons (Fsp3) is 0.143. The molecule has 3 aromatic rings. The second kappa shape index (κ2) is 8.32. The Morgan fingerprint density at radius 3 is 2.28 bits per heavy atom. The van der Waals surface area contributed by atoms with Gasteiger partial charge in [0.05, 0.1) is 36.7 Å². The molecule has 8 heteroatoms. The van der Waals surface area contributed by atoms with E-state index in [0.717, 1.165) is 3.97 Å². The molecular weight excluding hydrogens is 394 g/mol. The van der Waals surface area contributed by atoms with Crippen molar-refractivity contribution in [2.45, 2.75) is 11.3 Å². The van der Waals surface area contributed by atoms with Crippen LogP contribution in [0, 0.1) is 0 Å². The van der Waals surface area contributed by atoms with Crippen LogP contribution in [0.1, 0.15) is 11.3 Å². The van der Waals surface area contributed by atoms with Crippen molar-refractivity contribution in [2.75, 3.05) is 14.2 Å². The largest absolute Gasteiger partial charge is 0.469 e. The molecule has 0 radical (unpaired) electrons. The minimum atomic E-state index is -4.01. The average molecular weight is 413 g/mol. The standard InChI is InChI=1S/C21H19NO6S/c1-27-20(23)13-12-17-16-10-6-7-11-18(16)22(19(17)14-21(24)28-2)29(25,26)15-8-4-3-5-9-15/h3-13H,14H2,1-2H3/b13-12+. The molecule has 150 valence electrons. The highest BCUT2D eigenvalue weighted by molar-refractivity contribution is 7.90. The number of hydrogen-bond donors (Lipinski definition) is 0. The molecule has 0 spiro atoms. The summed E-state index contributed by atoms with van der Waals surface area (Å²) < 4.78 is 37.4. The topological polar surface area (TPSA) is 91.7 Å². The molecule has 0 unspecified atom stereocenters. The molecule has 0 bridgehead atoms. The van der Waals surface area contributed by atoms with Crippen molar-refractivity contribution in [1.82, 2.24) is 3.97 Å². The fourth-order valence-corrected chi connectivity index (χ4v) is 4.63. The lowest BCUT2D eigenvalue weighted by atomic mass is 10.1. The van der Waals surface area contributed by atoms with Gasteiger partial charge in [0.1, 0.15) is 0 Å². The second-order valence-electron chi connectivity index (χ2n) is 6.07. The van der Waals surface area contributed by atoms with Crippen LogP contribution in [0.2, 0.25) is 0 Å². The van der Waals surface area contributed by atoms with Gasteiger partial charge in [0.15, 0.2) is 0 Å². The molecule has 0 aliphatic heterocycles. The van der Waals surface area contributed by atoms with E-state index in [-0.39, 0.29) is 17.0 Å². The molecular formula is C21H19NO6S. The van der Waals surface area contributed by atoms with E-state index >= 15 is 0 Å². The summed E-state index contributed by atoms with van der Waals surface area (Å²) in [5, 5.41) is 0.575. The smallest absolute Gasteiger partial charge is 0.330 e. The minimum absolute atomic E-state index is 0.0790. The van der Waals surface area contributed by atoms with Crippen molar-refractivity contribution in [3.05, 3.63) is 71.9 Å². The van der Waals surface area contributed by atoms with Crippen molar-refractivity contribution in [3.8, 4) is 0 Å². The Kier molecular flexibility index (Phi) is 5.84. The Morgan fingerprint density at radius 1 is 0.966 bits per heavy atom. The first kappa shape index (κ1) is 20.3. The highest BCUT2D eigenvalue weighted by Gasteiger charge is 2.27. The average Bonchev–Trinajstić information content (AvgIpc) is 3.05. The van der Waals surface area contributed by atoms with Crippen LogP contribution in [0.25, 0.3) is 17.0 Å². The third-order valence-electron chi connectivity index (χ3n) is 4.38. The lowest BCUT2D eigenvalue weighted by molar-refractivity contribution is -0.140. The number of nitrogens with zero attached hydrogens (tertiary/aromatic N) is 1. The molecule has 2 aromatic carbocycles. The number of aromatic nitrogens is 1. The van der Waals surface area contributed by atoms with Gasteiger partial charge in [-0.25, -0.2) is 17.2 Å². The van der Waals surface area contributed by atoms with E-state index in [1.54, 1.807) is 42.5 Å². The third kappa shape index (κ3) is 3.93. The normalized spacial score (nSPS) is 11.7. The first-order valence-corrected chi connectivity index (χ1v) is 10.1. The van der Waals surface area contributed by atoms with Crippen LogP contribution in [0.4, 0.5) is 0 Å². The maximum atomic E-state index is 13.4. The zero-order valence-corrected chi connectivity index (χ0v) is 16.7. The molecule has 0 saturated carbocycles. The highest BCUT2D eigenvalue weighted by atomic mass is 32.2. The molecule has 0 amide bonds. The number of esters is 2. The van der Waals surface area contributed by atoms with Crippen molar-refractivity contribution in [2.24, 2.45) is 0 Å². The Labute approximate surface area is 168 Å². The van der Waals surface area contributed by atoms with Gasteiger partial charge in [-0.05, 0) is 24.3 Å². The van der Waals surface area contributed by atoms with Gasteiger partial charge in [-0.1, -0.05) is 36.4 Å². The predicted molar refractivity (Wildman–Crippen MR) is 108 cm³/mol. The number of hydrogen-bond acceptors (Lipinski definition) is 6. The van der Waals surface area contributed by atoms with Crippen LogP contribution in [0.3, 0.4) is 0 Å². The van der Waals surface area contributed by atoms with Gasteiger partial charge >= 0.3 is 11.9 Å². The second-order valence-corrected chi connectivity index (χ2v) is 7.86. The monoisotopic (exact) mass is 413 g/mol. The van der Waals surface area contributed by atoms with Gasteiger partial charge in [-0.15, -0.1) is 0 Å². The first-order valence-electron chi connectivity index (χ1n) is 8.66. The van der Waals surface area contributed by atoms with Crippen molar-refractivity contribution < 1.29 is 27.5 Å². The third-order valence-corrected chi connectivity index (χ3v) is 6.14. The maximum Gasteiger partial charge on any atom is 0.330 e. The molecule has 0 fully saturated rings. The number of carbonyl (C=O) groups is 2. The van der Waals surface area contributed by atoms with Crippen molar-refractivity contribution >= 4 is 38.9 Å². The van der Waals surface area contributed by atoms with Gasteiger partial charge < -0.3 is 9.47 Å². The molecule has 0 N–H and O–H groups in total. The van der Waals surface area contributed by atoms with Crippen LogP contribution < -0.4 is 0 Å². The van der Waals surface area contributed by atoms with Crippen molar-refractivity contribution in [1.29, 1.82) is 0 Å². The van der Waals surface area contributed by atoms with Gasteiger partial charge in [0, 0.05) is 17.0 Å². The summed E-state index contributed by atoms with van der Waals surface area (Å²) in [6, 6.07) is 14.7. The molecule has 7 nitrogen and oxygen atoms in total. The number of carbonyl (C=O) groups excluding carboxylic acids is 2. The molecule has 1 aromatic heterocycles. The Bertz CT molecular complexity index is 1190. The number of fused-ring (bicyclic) bond motifs is 1. The zero-order valence-electron chi connectivity index (χ0n) is 15.9. The summed E-state index contributed by atoms with van der Waals surface area (Å²) >= 11 is 0. The summed E-state index contributed by atoms with van der Waals surface area (Å²) in [7, 11) is -1.55.